The molecule has 11 rings (SSSR count). The van der Waals surface area contributed by atoms with Gasteiger partial charge in [-0.25, -0.2) is 9.98 Å². The molecule has 1 N–H and O–H groups in total. The van der Waals surface area contributed by atoms with Crippen LogP contribution in [0.2, 0.25) is 0 Å². The first kappa shape index (κ1) is 34.0. The Bertz CT molecular complexity index is 2880. The first-order valence-corrected chi connectivity index (χ1v) is 20.7. The highest BCUT2D eigenvalue weighted by atomic mass is 15.2. The molecule has 1 unspecified atom stereocenters. The number of benzene rings is 6. The fraction of sp³-hybridized carbons (Fsp3) is 0.208. The van der Waals surface area contributed by atoms with Crippen molar-refractivity contribution in [2.24, 2.45) is 9.98 Å². The van der Waals surface area contributed by atoms with Crippen LogP contribution in [-0.4, -0.2) is 22.4 Å². The van der Waals surface area contributed by atoms with Gasteiger partial charge in [-0.1, -0.05) is 123 Å². The number of aliphatic imine (C=N–C) groups is 2. The van der Waals surface area contributed by atoms with E-state index in [4.69, 9.17) is 9.98 Å². The molecule has 1 aromatic heterocycles. The number of para-hydroxylation sites is 1. The summed E-state index contributed by atoms with van der Waals surface area (Å²) in [5.74, 6) is 2.18. The van der Waals surface area contributed by atoms with Crippen LogP contribution in [0.1, 0.15) is 85.3 Å². The molecule has 1 saturated carbocycles. The normalized spacial score (nSPS) is 18.4. The summed E-state index contributed by atoms with van der Waals surface area (Å²) in [5.41, 5.74) is 18.2. The van der Waals surface area contributed by atoms with E-state index in [0.717, 1.165) is 41.3 Å². The molecule has 0 spiro atoms. The number of aryl methyl sites for hydroxylation is 1. The molecule has 0 amide bonds. The second-order valence-electron chi connectivity index (χ2n) is 16.8. The van der Waals surface area contributed by atoms with Crippen LogP contribution in [0.4, 0.5) is 0 Å². The SMILES string of the molecule is Cc1ccccc1-c1ccc2c(c1C1CCC1)-c1cc3c(cc1C2(C)C)c1ccccc1n3-c1ccc(C2=NC(C3=CCCC=C3)NC(c3ccccc3)=N2)cc1. The zero-order chi connectivity index (χ0) is 38.3. The number of rotatable bonds is 6. The van der Waals surface area contributed by atoms with E-state index in [1.807, 2.05) is 6.07 Å². The topological polar surface area (TPSA) is 41.7 Å². The molecule has 6 aromatic carbocycles. The predicted octanol–water partition coefficient (Wildman–Crippen LogP) is 12.7. The molecular formula is C53H46N4. The van der Waals surface area contributed by atoms with Gasteiger partial charge in [0.25, 0.3) is 0 Å². The fourth-order valence-electron chi connectivity index (χ4n) is 9.91. The van der Waals surface area contributed by atoms with Crippen molar-refractivity contribution in [1.29, 1.82) is 0 Å². The number of hydrogen-bond donors (Lipinski definition) is 1. The van der Waals surface area contributed by atoms with E-state index < -0.39 is 0 Å². The average molecular weight is 739 g/mol. The summed E-state index contributed by atoms with van der Waals surface area (Å²) in [7, 11) is 0. The lowest BCUT2D eigenvalue weighted by Crippen LogP contribution is -2.40. The minimum atomic E-state index is -0.188. The Hall–Kier alpha value is -6.26. The molecule has 4 nitrogen and oxygen atoms in total. The summed E-state index contributed by atoms with van der Waals surface area (Å²) in [5, 5.41) is 6.20. The lowest BCUT2D eigenvalue weighted by atomic mass is 9.72. The van der Waals surface area contributed by atoms with Crippen molar-refractivity contribution in [3.05, 3.63) is 185 Å². The summed E-state index contributed by atoms with van der Waals surface area (Å²) in [6.45, 7) is 7.12. The van der Waals surface area contributed by atoms with Crippen LogP contribution in [0, 0.1) is 6.92 Å². The molecular weight excluding hydrogens is 693 g/mol. The third kappa shape index (κ3) is 5.41. The van der Waals surface area contributed by atoms with Gasteiger partial charge in [-0.2, -0.15) is 0 Å². The predicted molar refractivity (Wildman–Crippen MR) is 238 cm³/mol. The molecule has 4 heteroatoms. The van der Waals surface area contributed by atoms with Gasteiger partial charge < -0.3 is 9.88 Å². The summed E-state index contributed by atoms with van der Waals surface area (Å²) in [4.78, 5) is 10.3. The molecule has 4 aliphatic rings. The van der Waals surface area contributed by atoms with E-state index in [1.54, 1.807) is 5.56 Å². The van der Waals surface area contributed by atoms with Crippen LogP contribution >= 0.6 is 0 Å². The number of allylic oxidation sites excluding steroid dienone is 2. The van der Waals surface area contributed by atoms with E-state index in [9.17, 15) is 0 Å². The third-order valence-electron chi connectivity index (χ3n) is 13.1. The van der Waals surface area contributed by atoms with Gasteiger partial charge in [0.05, 0.1) is 11.0 Å². The second-order valence-corrected chi connectivity index (χ2v) is 16.8. The maximum absolute atomic E-state index is 5.18. The number of nitrogens with one attached hydrogen (secondary N) is 1. The maximum Gasteiger partial charge on any atom is 0.159 e. The van der Waals surface area contributed by atoms with E-state index in [1.165, 1.54) is 85.6 Å². The molecule has 1 aliphatic heterocycles. The summed E-state index contributed by atoms with van der Waals surface area (Å²) in [6, 6.07) is 47.0. The summed E-state index contributed by atoms with van der Waals surface area (Å²) < 4.78 is 2.47. The van der Waals surface area contributed by atoms with Gasteiger partial charge in [-0.15, -0.1) is 0 Å². The number of fused-ring (bicyclic) bond motifs is 6. The molecule has 278 valence electrons. The van der Waals surface area contributed by atoms with E-state index in [-0.39, 0.29) is 11.6 Å². The van der Waals surface area contributed by atoms with Crippen molar-refractivity contribution in [2.75, 3.05) is 0 Å². The van der Waals surface area contributed by atoms with Gasteiger partial charge >= 0.3 is 0 Å². The van der Waals surface area contributed by atoms with Crippen molar-refractivity contribution < 1.29 is 0 Å². The summed E-state index contributed by atoms with van der Waals surface area (Å²) in [6.07, 6.45) is 12.5. The van der Waals surface area contributed by atoms with Gasteiger partial charge in [-0.05, 0) is 131 Å². The van der Waals surface area contributed by atoms with Gasteiger partial charge in [0.15, 0.2) is 5.84 Å². The Morgan fingerprint density at radius 3 is 2.25 bits per heavy atom. The highest BCUT2D eigenvalue weighted by Gasteiger charge is 2.40. The van der Waals surface area contributed by atoms with E-state index in [2.05, 4.69) is 170 Å². The van der Waals surface area contributed by atoms with Crippen molar-refractivity contribution in [3.63, 3.8) is 0 Å². The monoisotopic (exact) mass is 738 g/mol. The Morgan fingerprint density at radius 2 is 1.47 bits per heavy atom. The second kappa shape index (κ2) is 13.2. The molecule has 57 heavy (non-hydrogen) atoms. The van der Waals surface area contributed by atoms with Gasteiger partial charge in [-0.3, -0.25) is 0 Å². The third-order valence-corrected chi connectivity index (χ3v) is 13.1. The quantitative estimate of drug-likeness (QED) is 0.181. The van der Waals surface area contributed by atoms with Crippen LogP contribution in [0.5, 0.6) is 0 Å². The van der Waals surface area contributed by atoms with Crippen LogP contribution < -0.4 is 5.32 Å². The van der Waals surface area contributed by atoms with Crippen molar-refractivity contribution >= 4 is 33.5 Å². The fourth-order valence-corrected chi connectivity index (χ4v) is 9.91. The number of amidine groups is 2. The zero-order valence-corrected chi connectivity index (χ0v) is 32.9. The van der Waals surface area contributed by atoms with Crippen molar-refractivity contribution in [1.82, 2.24) is 9.88 Å². The van der Waals surface area contributed by atoms with Gasteiger partial charge in [0.1, 0.15) is 12.0 Å². The molecule has 7 aromatic rings. The minimum Gasteiger partial charge on any atom is -0.344 e. The molecule has 2 heterocycles. The van der Waals surface area contributed by atoms with E-state index >= 15 is 0 Å². The lowest BCUT2D eigenvalue weighted by Gasteiger charge is -2.32. The Balaban J connectivity index is 1.07. The maximum atomic E-state index is 5.18. The van der Waals surface area contributed by atoms with Crippen LogP contribution in [-0.2, 0) is 5.41 Å². The standard InChI is InChI=1S/C53H46N4/c1-33-15-10-11-22-39(33)41-29-30-44-49(48(41)34-20-14-21-34)43-32-47-42(31-45(43)53(44,2)3)40-23-12-13-24-46(40)57(47)38-27-25-37(26-28-38)52-55-50(35-16-6-4-7-17-35)54-51(56-52)36-18-8-5-9-19-36/h4,6-8,10-13,15-19,22-32,34,51H,5,9,14,20-21H2,1-3H3,(H,54,55,56). The number of aromatic nitrogens is 1. The molecule has 1 fully saturated rings. The smallest absolute Gasteiger partial charge is 0.159 e. The first-order valence-electron chi connectivity index (χ1n) is 20.7. The largest absolute Gasteiger partial charge is 0.344 e. The van der Waals surface area contributed by atoms with Gasteiger partial charge in [0, 0.05) is 33.0 Å². The average Bonchev–Trinajstić information content (AvgIpc) is 3.68. The van der Waals surface area contributed by atoms with Crippen molar-refractivity contribution in [3.8, 4) is 27.9 Å². The van der Waals surface area contributed by atoms with Crippen LogP contribution in [0.3, 0.4) is 0 Å². The highest BCUT2D eigenvalue weighted by Crippen LogP contribution is 2.57. The van der Waals surface area contributed by atoms with Crippen LogP contribution in [0.25, 0.3) is 49.7 Å². The lowest BCUT2D eigenvalue weighted by molar-refractivity contribution is 0.421. The Morgan fingerprint density at radius 1 is 0.684 bits per heavy atom. The number of nitrogens with zero attached hydrogens (tertiary/aromatic N) is 3. The molecule has 3 aliphatic carbocycles. The van der Waals surface area contributed by atoms with Crippen LogP contribution in [0.15, 0.2) is 161 Å². The van der Waals surface area contributed by atoms with Gasteiger partial charge in [0.2, 0.25) is 0 Å². The molecule has 0 saturated heterocycles. The van der Waals surface area contributed by atoms with E-state index in [0.29, 0.717) is 5.92 Å². The minimum absolute atomic E-state index is 0.109. The van der Waals surface area contributed by atoms with Crippen molar-refractivity contribution in [2.45, 2.75) is 70.4 Å². The summed E-state index contributed by atoms with van der Waals surface area (Å²) >= 11 is 0. The molecule has 1 atom stereocenters. The molecule has 0 bridgehead atoms. The zero-order valence-electron chi connectivity index (χ0n) is 32.9. The molecule has 0 radical (unpaired) electrons. The highest BCUT2D eigenvalue weighted by molar-refractivity contribution is 6.14. The first-order chi connectivity index (χ1) is 27.9. The number of hydrogen-bond acceptors (Lipinski definition) is 3. The Kier molecular flexibility index (Phi) is 7.86. The Labute approximate surface area is 335 Å².